The van der Waals surface area contributed by atoms with Crippen LogP contribution in [0.5, 0.6) is 0 Å². The highest BCUT2D eigenvalue weighted by Crippen LogP contribution is 2.33. The number of ether oxygens (including phenoxy) is 6. The van der Waals surface area contributed by atoms with Gasteiger partial charge in [0.1, 0.15) is 73.2 Å². The molecule has 1 amide bonds. The lowest BCUT2D eigenvalue weighted by Crippen LogP contribution is -2.66. The number of hydrogen-bond acceptors (Lipinski definition) is 18. The molecular weight excluding hydrogens is 1150 g/mol. The first-order valence-electron chi connectivity index (χ1n) is 35.9. The van der Waals surface area contributed by atoms with E-state index in [2.05, 4.69) is 55.6 Å². The summed E-state index contributed by atoms with van der Waals surface area (Å²) in [4.78, 5) is 13.4. The third kappa shape index (κ3) is 34.4. The van der Waals surface area contributed by atoms with Crippen LogP contribution in [0.25, 0.3) is 0 Å². The summed E-state index contributed by atoms with van der Waals surface area (Å²) in [5.74, 6) is -0.285. The van der Waals surface area contributed by atoms with Gasteiger partial charge in [0.05, 0.1) is 38.6 Å². The quantitative estimate of drug-likeness (QED) is 0.0199. The van der Waals surface area contributed by atoms with Gasteiger partial charge in [-0.25, -0.2) is 0 Å². The molecule has 3 heterocycles. The van der Waals surface area contributed by atoms with Crippen molar-refractivity contribution in [3.05, 3.63) is 48.6 Å². The van der Waals surface area contributed by atoms with Crippen molar-refractivity contribution < 1.29 is 89.4 Å². The molecule has 0 aliphatic carbocycles. The molecule has 17 atom stereocenters. The van der Waals surface area contributed by atoms with Crippen molar-refractivity contribution in [3.8, 4) is 0 Å². The van der Waals surface area contributed by atoms with Crippen molar-refractivity contribution >= 4 is 5.91 Å². The minimum atomic E-state index is -1.98. The Hall–Kier alpha value is -2.25. The molecule has 0 aromatic rings. The van der Waals surface area contributed by atoms with Crippen molar-refractivity contribution in [1.29, 1.82) is 0 Å². The number of carbonyl (C=O) groups is 1. The number of hydrogen-bond donors (Lipinski definition) is 12. The summed E-state index contributed by atoms with van der Waals surface area (Å²) in [5.41, 5.74) is 0. The van der Waals surface area contributed by atoms with Gasteiger partial charge in [-0.3, -0.25) is 4.79 Å². The lowest BCUT2D eigenvalue weighted by molar-refractivity contribution is -0.379. The van der Waals surface area contributed by atoms with Crippen LogP contribution >= 0.6 is 0 Å². The average molecular weight is 1280 g/mol. The summed E-state index contributed by atoms with van der Waals surface area (Å²) in [5, 5.41) is 120. The normalized spacial score (nSPS) is 28.3. The van der Waals surface area contributed by atoms with Crippen molar-refractivity contribution in [1.82, 2.24) is 5.32 Å². The molecule has 19 heteroatoms. The van der Waals surface area contributed by atoms with Crippen LogP contribution in [0.3, 0.4) is 0 Å². The van der Waals surface area contributed by atoms with Crippen LogP contribution in [0.4, 0.5) is 0 Å². The molecule has 0 bridgehead atoms. The molecule has 0 aromatic heterocycles. The SMILES string of the molecule is CCCCCC/C=C/CC/C=C/C(O)C(COC1OC(CO)C(OC2OC(CO)C(OC3OC(CO)C(O)C(O)C3O)C(O)C2O)C(O)C1O)NC(=O)CCCCCCCCCCCCCCCCCCCCCCCCC/C=C\C/C=C\CCCCCCC. The number of unbranched alkanes of at least 4 members (excludes halogenated alkanes) is 33. The number of carbonyl (C=O) groups excluding carboxylic acids is 1. The predicted octanol–water partition coefficient (Wildman–Crippen LogP) is 9.78. The van der Waals surface area contributed by atoms with E-state index in [1.807, 2.05) is 6.08 Å². The number of allylic oxidation sites excluding steroid dienone is 7. The van der Waals surface area contributed by atoms with Crippen molar-refractivity contribution in [2.24, 2.45) is 0 Å². The number of aliphatic hydroxyl groups is 11. The molecule has 3 saturated heterocycles. The highest BCUT2D eigenvalue weighted by Gasteiger charge is 2.53. The Morgan fingerprint density at radius 1 is 0.400 bits per heavy atom. The maximum Gasteiger partial charge on any atom is 0.220 e. The maximum absolute atomic E-state index is 13.4. The van der Waals surface area contributed by atoms with Crippen LogP contribution in [0.1, 0.15) is 264 Å². The fraction of sp³-hybridized carbons (Fsp3) is 0.873. The maximum atomic E-state index is 13.4. The fourth-order valence-electron chi connectivity index (χ4n) is 12.0. The second kappa shape index (κ2) is 53.0. The van der Waals surface area contributed by atoms with E-state index in [1.54, 1.807) is 6.08 Å². The Morgan fingerprint density at radius 3 is 1.19 bits per heavy atom. The van der Waals surface area contributed by atoms with Crippen LogP contribution in [0.15, 0.2) is 48.6 Å². The molecule has 0 aromatic carbocycles. The van der Waals surface area contributed by atoms with Crippen LogP contribution in [0, 0.1) is 0 Å². The fourth-order valence-corrected chi connectivity index (χ4v) is 12.0. The van der Waals surface area contributed by atoms with Crippen molar-refractivity contribution in [3.63, 3.8) is 0 Å². The average Bonchev–Trinajstić information content (AvgIpc) is 0.881. The Kier molecular flexibility index (Phi) is 48.2. The van der Waals surface area contributed by atoms with Gasteiger partial charge in [0.25, 0.3) is 0 Å². The van der Waals surface area contributed by atoms with E-state index in [4.69, 9.17) is 28.4 Å². The Balaban J connectivity index is 1.30. The van der Waals surface area contributed by atoms with Gasteiger partial charge in [0, 0.05) is 6.42 Å². The molecule has 19 nitrogen and oxygen atoms in total. The molecule has 526 valence electrons. The van der Waals surface area contributed by atoms with Crippen molar-refractivity contribution in [2.75, 3.05) is 26.4 Å². The Labute approximate surface area is 542 Å². The summed E-state index contributed by atoms with van der Waals surface area (Å²) in [6.45, 7) is 1.66. The predicted molar refractivity (Wildman–Crippen MR) is 351 cm³/mol. The zero-order valence-corrected chi connectivity index (χ0v) is 55.6. The van der Waals surface area contributed by atoms with Gasteiger partial charge >= 0.3 is 0 Å². The number of nitrogens with one attached hydrogen (secondary N) is 1. The van der Waals surface area contributed by atoms with Gasteiger partial charge in [-0.1, -0.05) is 242 Å². The van der Waals surface area contributed by atoms with E-state index < -0.39 is 124 Å². The van der Waals surface area contributed by atoms with E-state index in [-0.39, 0.29) is 18.9 Å². The summed E-state index contributed by atoms with van der Waals surface area (Å²) in [7, 11) is 0. The molecule has 3 rings (SSSR count). The van der Waals surface area contributed by atoms with Gasteiger partial charge in [-0.05, 0) is 64.2 Å². The van der Waals surface area contributed by atoms with E-state index in [1.165, 1.54) is 186 Å². The van der Waals surface area contributed by atoms with Crippen molar-refractivity contribution in [2.45, 2.75) is 369 Å². The highest BCUT2D eigenvalue weighted by atomic mass is 16.8. The van der Waals surface area contributed by atoms with Gasteiger partial charge in [0.2, 0.25) is 5.91 Å². The molecule has 0 radical (unpaired) electrons. The lowest BCUT2D eigenvalue weighted by Gasteiger charge is -2.48. The van der Waals surface area contributed by atoms with Gasteiger partial charge in [-0.15, -0.1) is 0 Å². The van der Waals surface area contributed by atoms with Crippen LogP contribution < -0.4 is 5.32 Å². The van der Waals surface area contributed by atoms with Gasteiger partial charge in [-0.2, -0.15) is 0 Å². The number of amides is 1. The molecule has 0 saturated carbocycles. The zero-order valence-electron chi connectivity index (χ0n) is 55.6. The largest absolute Gasteiger partial charge is 0.394 e. The minimum Gasteiger partial charge on any atom is -0.394 e. The second-order valence-corrected chi connectivity index (χ2v) is 25.7. The molecule has 17 unspecified atom stereocenters. The summed E-state index contributed by atoms with van der Waals surface area (Å²) in [6, 6.07) is -0.987. The Morgan fingerprint density at radius 2 is 0.744 bits per heavy atom. The summed E-state index contributed by atoms with van der Waals surface area (Å²) >= 11 is 0. The van der Waals surface area contributed by atoms with E-state index >= 15 is 0 Å². The molecule has 3 aliphatic heterocycles. The molecule has 90 heavy (non-hydrogen) atoms. The topological polar surface area (TPSA) is 307 Å². The summed E-state index contributed by atoms with van der Waals surface area (Å²) in [6.07, 6.45) is 37.2. The smallest absolute Gasteiger partial charge is 0.220 e. The molecule has 3 fully saturated rings. The molecule has 3 aliphatic rings. The first kappa shape index (κ1) is 82.0. The number of rotatable bonds is 55. The highest BCUT2D eigenvalue weighted by molar-refractivity contribution is 5.76. The summed E-state index contributed by atoms with van der Waals surface area (Å²) < 4.78 is 34.2. The van der Waals surface area contributed by atoms with Crippen LogP contribution in [-0.4, -0.2) is 193 Å². The minimum absolute atomic E-state index is 0.238. The van der Waals surface area contributed by atoms with Gasteiger partial charge in [0.15, 0.2) is 18.9 Å². The molecule has 12 N–H and O–H groups in total. The lowest BCUT2D eigenvalue weighted by atomic mass is 9.96. The Bertz CT molecular complexity index is 1820. The first-order chi connectivity index (χ1) is 43.8. The van der Waals surface area contributed by atoms with E-state index in [9.17, 15) is 61.0 Å². The monoisotopic (exact) mass is 1280 g/mol. The first-order valence-corrected chi connectivity index (χ1v) is 35.9. The van der Waals surface area contributed by atoms with E-state index in [0.29, 0.717) is 12.8 Å². The third-order valence-corrected chi connectivity index (χ3v) is 17.8. The molecular formula is C71H129NO18. The second-order valence-electron chi connectivity index (χ2n) is 25.7. The standard InChI is InChI=1S/C71H129NO18/c1-3-5-7-9-11-13-15-16-17-18-19-20-21-22-23-24-25-26-27-28-29-30-31-32-33-34-35-36-37-38-39-41-43-45-47-49-59(77)72-54(55(76)48-46-44-42-40-14-12-10-8-6-4-2)53-85-69-65(83)62(80)67(57(51-74)87-69)90-71-66(84)63(81)68(58(52-75)88-71)89-70-64(82)61(79)60(78)56(50-73)86-70/h14-16,18-19,40,46,48,54-58,60-71,73-76,78-84H,3-13,17,20-39,41-45,47,49-53H2,1-2H3,(H,72,77)/b16-15-,19-18-,40-14+,48-46+. The molecule has 0 spiro atoms. The van der Waals surface area contributed by atoms with E-state index in [0.717, 1.165) is 44.9 Å². The van der Waals surface area contributed by atoms with Crippen LogP contribution in [0.2, 0.25) is 0 Å². The number of aliphatic hydroxyl groups excluding tert-OH is 11. The van der Waals surface area contributed by atoms with Gasteiger partial charge < -0.3 is 89.9 Å². The van der Waals surface area contributed by atoms with Crippen LogP contribution in [-0.2, 0) is 33.2 Å². The zero-order chi connectivity index (χ0) is 65.4. The third-order valence-electron chi connectivity index (χ3n) is 17.8.